The Kier molecular flexibility index (Phi) is 9.50. The summed E-state index contributed by atoms with van der Waals surface area (Å²) in [5, 5.41) is 3.58. The summed E-state index contributed by atoms with van der Waals surface area (Å²) in [6, 6.07) is 6.16. The monoisotopic (exact) mass is 345 g/mol. The number of rotatable bonds is 12. The zero-order chi connectivity index (χ0) is 17.7. The lowest BCUT2D eigenvalue weighted by Crippen LogP contribution is -2.16. The molecular formula is C22H35NO2. The van der Waals surface area contributed by atoms with Gasteiger partial charge in [-0.2, -0.15) is 0 Å². The molecule has 0 saturated carbocycles. The number of hydrogen-bond acceptors (Lipinski definition) is 3. The average Bonchev–Trinajstić information content (AvgIpc) is 2.66. The van der Waals surface area contributed by atoms with E-state index < -0.39 is 0 Å². The predicted molar refractivity (Wildman–Crippen MR) is 106 cm³/mol. The van der Waals surface area contributed by atoms with Crippen molar-refractivity contribution >= 4 is 0 Å². The number of ether oxygens (including phenoxy) is 2. The molecular weight excluding hydrogens is 310 g/mol. The van der Waals surface area contributed by atoms with Gasteiger partial charge in [-0.3, -0.25) is 0 Å². The summed E-state index contributed by atoms with van der Waals surface area (Å²) in [5.74, 6) is 1.75. The van der Waals surface area contributed by atoms with Crippen LogP contribution in [0, 0.1) is 0 Å². The standard InChI is InChI=1S/C22H35NO2/c1-3-4-5-9-17-25-22-20(13-10-14-21(22)24-2)18-23-16-15-19-11-7-6-8-12-19/h10-11,13-14,23H,3-9,12,15-18H2,1-2H3. The van der Waals surface area contributed by atoms with Crippen molar-refractivity contribution in [2.24, 2.45) is 0 Å². The number of benzene rings is 1. The number of nitrogens with one attached hydrogen (secondary N) is 1. The molecule has 0 aliphatic heterocycles. The third-order valence-corrected chi connectivity index (χ3v) is 4.85. The minimum Gasteiger partial charge on any atom is -0.493 e. The van der Waals surface area contributed by atoms with Gasteiger partial charge in [-0.05, 0) is 51.1 Å². The molecule has 3 heteroatoms. The fourth-order valence-corrected chi connectivity index (χ4v) is 3.33. The van der Waals surface area contributed by atoms with Crippen LogP contribution in [0.15, 0.2) is 29.8 Å². The van der Waals surface area contributed by atoms with Gasteiger partial charge in [0, 0.05) is 12.1 Å². The summed E-state index contributed by atoms with van der Waals surface area (Å²) < 4.78 is 11.6. The maximum absolute atomic E-state index is 6.08. The molecule has 2 rings (SSSR count). The second kappa shape index (κ2) is 12.0. The number of unbranched alkanes of at least 4 members (excludes halogenated alkanes) is 3. The molecule has 0 saturated heterocycles. The van der Waals surface area contributed by atoms with Crippen molar-refractivity contribution in [1.29, 1.82) is 0 Å². The van der Waals surface area contributed by atoms with Gasteiger partial charge in [0.15, 0.2) is 11.5 Å². The van der Waals surface area contributed by atoms with Crippen LogP contribution in [0.1, 0.15) is 70.3 Å². The van der Waals surface area contributed by atoms with E-state index in [9.17, 15) is 0 Å². The van der Waals surface area contributed by atoms with E-state index in [0.29, 0.717) is 0 Å². The molecule has 0 aromatic heterocycles. The topological polar surface area (TPSA) is 30.5 Å². The summed E-state index contributed by atoms with van der Waals surface area (Å²) in [6.07, 6.45) is 13.7. The Hall–Kier alpha value is -1.48. The highest BCUT2D eigenvalue weighted by atomic mass is 16.5. The molecule has 0 atom stereocenters. The van der Waals surface area contributed by atoms with E-state index in [4.69, 9.17) is 9.47 Å². The van der Waals surface area contributed by atoms with Crippen LogP contribution in [-0.4, -0.2) is 20.3 Å². The Morgan fingerprint density at radius 2 is 2.04 bits per heavy atom. The van der Waals surface area contributed by atoms with Crippen LogP contribution in [0.25, 0.3) is 0 Å². The quantitative estimate of drug-likeness (QED) is 0.393. The highest BCUT2D eigenvalue weighted by Crippen LogP contribution is 2.31. The van der Waals surface area contributed by atoms with E-state index in [0.717, 1.165) is 44.0 Å². The molecule has 3 nitrogen and oxygen atoms in total. The molecule has 1 aromatic rings. The first-order valence-corrected chi connectivity index (χ1v) is 10.0. The summed E-state index contributed by atoms with van der Waals surface area (Å²) in [7, 11) is 1.71. The molecule has 1 aliphatic rings. The first kappa shape index (κ1) is 19.8. The lowest BCUT2D eigenvalue weighted by atomic mass is 9.97. The van der Waals surface area contributed by atoms with Crippen molar-refractivity contribution in [3.05, 3.63) is 35.4 Å². The summed E-state index contributed by atoms with van der Waals surface area (Å²) >= 11 is 0. The minimum atomic E-state index is 0.764. The van der Waals surface area contributed by atoms with Crippen molar-refractivity contribution in [2.45, 2.75) is 71.3 Å². The zero-order valence-electron chi connectivity index (χ0n) is 16.1. The highest BCUT2D eigenvalue weighted by Gasteiger charge is 2.10. The third-order valence-electron chi connectivity index (χ3n) is 4.85. The average molecular weight is 346 g/mol. The van der Waals surface area contributed by atoms with Gasteiger partial charge in [0.25, 0.3) is 0 Å². The van der Waals surface area contributed by atoms with Crippen molar-refractivity contribution in [3.63, 3.8) is 0 Å². The van der Waals surface area contributed by atoms with Crippen LogP contribution in [-0.2, 0) is 6.54 Å². The number of para-hydroxylation sites is 1. The van der Waals surface area contributed by atoms with Crippen LogP contribution in [0.5, 0.6) is 11.5 Å². The molecule has 0 bridgehead atoms. The second-order valence-electron chi connectivity index (χ2n) is 6.89. The molecule has 0 unspecified atom stereocenters. The Bertz CT molecular complexity index is 525. The van der Waals surface area contributed by atoms with Crippen LogP contribution >= 0.6 is 0 Å². The lowest BCUT2D eigenvalue weighted by Gasteiger charge is -2.16. The Morgan fingerprint density at radius 3 is 2.80 bits per heavy atom. The molecule has 0 spiro atoms. The van der Waals surface area contributed by atoms with Crippen molar-refractivity contribution in [2.75, 3.05) is 20.3 Å². The molecule has 0 amide bonds. The van der Waals surface area contributed by atoms with E-state index in [2.05, 4.69) is 24.4 Å². The zero-order valence-corrected chi connectivity index (χ0v) is 16.1. The third kappa shape index (κ3) is 7.11. The van der Waals surface area contributed by atoms with E-state index in [-0.39, 0.29) is 0 Å². The fourth-order valence-electron chi connectivity index (χ4n) is 3.33. The van der Waals surface area contributed by atoms with E-state index >= 15 is 0 Å². The summed E-state index contributed by atoms with van der Waals surface area (Å²) in [5.41, 5.74) is 2.81. The molecule has 0 fully saturated rings. The first-order chi connectivity index (χ1) is 12.3. The maximum atomic E-state index is 6.08. The van der Waals surface area contributed by atoms with Gasteiger partial charge in [-0.1, -0.05) is 50.0 Å². The molecule has 1 N–H and O–H groups in total. The number of hydrogen-bond donors (Lipinski definition) is 1. The normalized spacial score (nSPS) is 14.2. The van der Waals surface area contributed by atoms with Gasteiger partial charge in [0.05, 0.1) is 13.7 Å². The van der Waals surface area contributed by atoms with Crippen LogP contribution in [0.3, 0.4) is 0 Å². The Balaban J connectivity index is 1.82. The van der Waals surface area contributed by atoms with Crippen molar-refractivity contribution < 1.29 is 9.47 Å². The molecule has 1 aliphatic carbocycles. The van der Waals surface area contributed by atoms with Crippen molar-refractivity contribution in [3.8, 4) is 11.5 Å². The predicted octanol–water partition coefficient (Wildman–Crippen LogP) is 5.63. The Morgan fingerprint density at radius 1 is 1.12 bits per heavy atom. The fraction of sp³-hybridized carbons (Fsp3) is 0.636. The molecule has 1 aromatic carbocycles. The smallest absolute Gasteiger partial charge is 0.165 e. The highest BCUT2D eigenvalue weighted by molar-refractivity contribution is 5.46. The first-order valence-electron chi connectivity index (χ1n) is 10.0. The van der Waals surface area contributed by atoms with Crippen LogP contribution in [0.4, 0.5) is 0 Å². The van der Waals surface area contributed by atoms with Gasteiger partial charge >= 0.3 is 0 Å². The lowest BCUT2D eigenvalue weighted by molar-refractivity contribution is 0.281. The summed E-state index contributed by atoms with van der Waals surface area (Å²) in [6.45, 7) is 4.85. The second-order valence-corrected chi connectivity index (χ2v) is 6.89. The van der Waals surface area contributed by atoms with E-state index in [1.165, 1.54) is 50.5 Å². The van der Waals surface area contributed by atoms with Gasteiger partial charge in [0.2, 0.25) is 0 Å². The summed E-state index contributed by atoms with van der Waals surface area (Å²) in [4.78, 5) is 0. The van der Waals surface area contributed by atoms with Gasteiger partial charge in [-0.15, -0.1) is 0 Å². The van der Waals surface area contributed by atoms with Crippen LogP contribution in [0.2, 0.25) is 0 Å². The van der Waals surface area contributed by atoms with E-state index in [1.807, 2.05) is 12.1 Å². The van der Waals surface area contributed by atoms with Crippen molar-refractivity contribution in [1.82, 2.24) is 5.32 Å². The SMILES string of the molecule is CCCCCCOc1c(CNCCC2=CCCCC2)cccc1OC. The molecule has 0 radical (unpaired) electrons. The molecule has 140 valence electrons. The van der Waals surface area contributed by atoms with Crippen LogP contribution < -0.4 is 14.8 Å². The van der Waals surface area contributed by atoms with Gasteiger partial charge in [0.1, 0.15) is 0 Å². The largest absolute Gasteiger partial charge is 0.493 e. The van der Waals surface area contributed by atoms with Gasteiger partial charge < -0.3 is 14.8 Å². The number of allylic oxidation sites excluding steroid dienone is 1. The molecule has 0 heterocycles. The maximum Gasteiger partial charge on any atom is 0.165 e. The van der Waals surface area contributed by atoms with E-state index in [1.54, 1.807) is 12.7 Å². The minimum absolute atomic E-state index is 0.764. The van der Waals surface area contributed by atoms with Gasteiger partial charge in [-0.25, -0.2) is 0 Å². The number of methoxy groups -OCH3 is 1. The Labute approximate surface area is 153 Å². The molecule has 25 heavy (non-hydrogen) atoms.